The van der Waals surface area contributed by atoms with E-state index in [0.29, 0.717) is 13.2 Å². The fraction of sp³-hybridized carbons (Fsp3) is 0.500. The lowest BCUT2D eigenvalue weighted by Crippen LogP contribution is -2.56. The minimum absolute atomic E-state index is 0.101. The molecule has 2 rings (SSSR count). The Morgan fingerprint density at radius 2 is 2.47 bits per heavy atom. The number of carbonyl (C=O) groups excluding carboxylic acids is 1. The van der Waals surface area contributed by atoms with E-state index in [0.717, 1.165) is 5.69 Å². The Hall–Kier alpha value is -1.33. The van der Waals surface area contributed by atoms with E-state index in [1.54, 1.807) is 19.4 Å². The van der Waals surface area contributed by atoms with Crippen molar-refractivity contribution in [1.29, 1.82) is 0 Å². The summed E-state index contributed by atoms with van der Waals surface area (Å²) in [5.74, 6) is -0.101. The van der Waals surface area contributed by atoms with Crippen LogP contribution in [0.15, 0.2) is 18.5 Å². The molecule has 1 amide bonds. The number of aromatic amines is 1. The molecule has 82 valence electrons. The molecule has 0 unspecified atom stereocenters. The Labute approximate surface area is 87.7 Å². The van der Waals surface area contributed by atoms with E-state index in [1.165, 1.54) is 4.90 Å². The summed E-state index contributed by atoms with van der Waals surface area (Å²) < 4.78 is 5.00. The van der Waals surface area contributed by atoms with Gasteiger partial charge in [0.2, 0.25) is 5.91 Å². The van der Waals surface area contributed by atoms with E-state index in [4.69, 9.17) is 4.74 Å². The highest BCUT2D eigenvalue weighted by atomic mass is 16.5. The second-order valence-electron chi connectivity index (χ2n) is 3.86. The number of hydrogen-bond donors (Lipinski definition) is 2. The smallest absolute Gasteiger partial charge is 0.240 e. The van der Waals surface area contributed by atoms with Crippen LogP contribution in [-0.4, -0.2) is 42.9 Å². The van der Waals surface area contributed by atoms with Gasteiger partial charge in [0.25, 0.3) is 0 Å². The molecular formula is C10H14N2O3. The molecular weight excluding hydrogens is 196 g/mol. The zero-order chi connectivity index (χ0) is 10.9. The summed E-state index contributed by atoms with van der Waals surface area (Å²) in [4.78, 5) is 16.5. The van der Waals surface area contributed by atoms with E-state index in [-0.39, 0.29) is 12.5 Å². The van der Waals surface area contributed by atoms with Crippen LogP contribution in [0.5, 0.6) is 0 Å². The SMILES string of the molecule is CN(C(=O)C1(CO)COC1)c1cc[nH]c1. The van der Waals surface area contributed by atoms with Gasteiger partial charge in [-0.3, -0.25) is 4.79 Å². The summed E-state index contributed by atoms with van der Waals surface area (Å²) in [6.07, 6.45) is 3.49. The van der Waals surface area contributed by atoms with E-state index >= 15 is 0 Å². The van der Waals surface area contributed by atoms with Gasteiger partial charge >= 0.3 is 0 Å². The van der Waals surface area contributed by atoms with Crippen molar-refractivity contribution in [2.75, 3.05) is 31.8 Å². The average Bonchev–Trinajstić information content (AvgIpc) is 2.68. The van der Waals surface area contributed by atoms with Crippen molar-refractivity contribution < 1.29 is 14.6 Å². The third kappa shape index (κ3) is 1.53. The number of rotatable bonds is 3. The molecule has 1 fully saturated rings. The molecule has 2 N–H and O–H groups in total. The molecule has 1 saturated heterocycles. The van der Waals surface area contributed by atoms with Crippen molar-refractivity contribution in [3.05, 3.63) is 18.5 Å². The predicted molar refractivity (Wildman–Crippen MR) is 54.5 cm³/mol. The van der Waals surface area contributed by atoms with E-state index in [2.05, 4.69) is 4.98 Å². The van der Waals surface area contributed by atoms with Crippen LogP contribution in [-0.2, 0) is 9.53 Å². The van der Waals surface area contributed by atoms with Gasteiger partial charge in [-0.2, -0.15) is 0 Å². The van der Waals surface area contributed by atoms with Crippen LogP contribution in [0.4, 0.5) is 5.69 Å². The molecule has 0 radical (unpaired) electrons. The molecule has 15 heavy (non-hydrogen) atoms. The number of aliphatic hydroxyl groups is 1. The van der Waals surface area contributed by atoms with Gasteiger partial charge < -0.3 is 19.7 Å². The number of ether oxygens (including phenoxy) is 1. The fourth-order valence-electron chi connectivity index (χ4n) is 1.63. The zero-order valence-corrected chi connectivity index (χ0v) is 8.56. The van der Waals surface area contributed by atoms with Gasteiger partial charge in [-0.25, -0.2) is 0 Å². The average molecular weight is 210 g/mol. The van der Waals surface area contributed by atoms with Gasteiger partial charge in [-0.15, -0.1) is 0 Å². The topological polar surface area (TPSA) is 65.6 Å². The van der Waals surface area contributed by atoms with Gasteiger partial charge in [-0.1, -0.05) is 0 Å². The molecule has 0 aromatic carbocycles. The number of amides is 1. The highest BCUT2D eigenvalue weighted by molar-refractivity contribution is 5.97. The second kappa shape index (κ2) is 3.67. The maximum atomic E-state index is 12.0. The first kappa shape index (κ1) is 10.2. The van der Waals surface area contributed by atoms with Gasteiger partial charge in [0, 0.05) is 19.4 Å². The van der Waals surface area contributed by atoms with Crippen LogP contribution in [0.1, 0.15) is 0 Å². The lowest BCUT2D eigenvalue weighted by Gasteiger charge is -2.40. The van der Waals surface area contributed by atoms with Gasteiger partial charge in [-0.05, 0) is 6.07 Å². The lowest BCUT2D eigenvalue weighted by atomic mass is 9.85. The highest BCUT2D eigenvalue weighted by Gasteiger charge is 2.47. The number of hydrogen-bond acceptors (Lipinski definition) is 3. The van der Waals surface area contributed by atoms with Gasteiger partial charge in [0.1, 0.15) is 5.41 Å². The van der Waals surface area contributed by atoms with Crippen molar-refractivity contribution in [3.63, 3.8) is 0 Å². The Morgan fingerprint density at radius 3 is 2.87 bits per heavy atom. The van der Waals surface area contributed by atoms with Gasteiger partial charge in [0.05, 0.1) is 25.5 Å². The van der Waals surface area contributed by atoms with Crippen molar-refractivity contribution in [3.8, 4) is 0 Å². The molecule has 5 heteroatoms. The molecule has 1 aromatic rings. The predicted octanol–water partition coefficient (Wildman–Crippen LogP) is -0.0136. The Kier molecular flexibility index (Phi) is 2.50. The highest BCUT2D eigenvalue weighted by Crippen LogP contribution is 2.30. The maximum Gasteiger partial charge on any atom is 0.240 e. The zero-order valence-electron chi connectivity index (χ0n) is 8.56. The first-order chi connectivity index (χ1) is 7.19. The minimum Gasteiger partial charge on any atom is -0.395 e. The maximum absolute atomic E-state index is 12.0. The van der Waals surface area contributed by atoms with Crippen molar-refractivity contribution in [2.24, 2.45) is 5.41 Å². The molecule has 2 heterocycles. The molecule has 1 aliphatic rings. The van der Waals surface area contributed by atoms with Crippen LogP contribution < -0.4 is 4.90 Å². The normalized spacial score (nSPS) is 18.3. The molecule has 0 spiro atoms. The van der Waals surface area contributed by atoms with Crippen LogP contribution in [0, 0.1) is 5.41 Å². The molecule has 0 bridgehead atoms. The molecule has 0 saturated carbocycles. The van der Waals surface area contributed by atoms with E-state index in [1.807, 2.05) is 6.07 Å². The van der Waals surface area contributed by atoms with Crippen molar-refractivity contribution in [1.82, 2.24) is 4.98 Å². The Bertz CT molecular complexity index is 338. The number of aliphatic hydroxyl groups excluding tert-OH is 1. The standard InChI is InChI=1S/C10H14N2O3/c1-12(8-2-3-11-4-8)9(14)10(5-13)6-15-7-10/h2-4,11,13H,5-7H2,1H3. The Balaban J connectivity index is 2.14. The molecule has 1 aliphatic heterocycles. The van der Waals surface area contributed by atoms with Crippen molar-refractivity contribution >= 4 is 11.6 Å². The van der Waals surface area contributed by atoms with Crippen molar-refractivity contribution in [2.45, 2.75) is 0 Å². The quantitative estimate of drug-likeness (QED) is 0.737. The first-order valence-corrected chi connectivity index (χ1v) is 4.79. The minimum atomic E-state index is -0.730. The number of aromatic nitrogens is 1. The summed E-state index contributed by atoms with van der Waals surface area (Å²) in [7, 11) is 1.70. The summed E-state index contributed by atoms with van der Waals surface area (Å²) in [6.45, 7) is 0.439. The molecule has 1 aromatic heterocycles. The summed E-state index contributed by atoms with van der Waals surface area (Å²) >= 11 is 0. The lowest BCUT2D eigenvalue weighted by molar-refractivity contribution is -0.166. The second-order valence-corrected chi connectivity index (χ2v) is 3.86. The van der Waals surface area contributed by atoms with Crippen LogP contribution in [0.3, 0.4) is 0 Å². The monoisotopic (exact) mass is 210 g/mol. The number of nitrogens with zero attached hydrogens (tertiary/aromatic N) is 1. The molecule has 5 nitrogen and oxygen atoms in total. The summed E-state index contributed by atoms with van der Waals surface area (Å²) in [5, 5.41) is 9.22. The van der Waals surface area contributed by atoms with Crippen LogP contribution >= 0.6 is 0 Å². The van der Waals surface area contributed by atoms with E-state index in [9.17, 15) is 9.90 Å². The summed E-state index contributed by atoms with van der Waals surface area (Å²) in [5.41, 5.74) is 0.0613. The first-order valence-electron chi connectivity index (χ1n) is 4.79. The summed E-state index contributed by atoms with van der Waals surface area (Å²) in [6, 6.07) is 1.81. The number of nitrogens with one attached hydrogen (secondary N) is 1. The molecule has 0 aliphatic carbocycles. The Morgan fingerprint density at radius 1 is 1.73 bits per heavy atom. The van der Waals surface area contributed by atoms with E-state index < -0.39 is 5.41 Å². The number of anilines is 1. The van der Waals surface area contributed by atoms with Gasteiger partial charge in [0.15, 0.2) is 0 Å². The van der Waals surface area contributed by atoms with Crippen LogP contribution in [0.2, 0.25) is 0 Å². The fourth-order valence-corrected chi connectivity index (χ4v) is 1.63. The largest absolute Gasteiger partial charge is 0.395 e. The third-order valence-electron chi connectivity index (χ3n) is 2.79. The number of carbonyl (C=O) groups is 1. The third-order valence-corrected chi connectivity index (χ3v) is 2.79. The number of H-pyrrole nitrogens is 1. The molecule has 0 atom stereocenters. The van der Waals surface area contributed by atoms with Crippen LogP contribution in [0.25, 0.3) is 0 Å².